The molecular formula is C88H159N3O38. The Hall–Kier alpha value is -3.25. The molecule has 0 aliphatic carbocycles. The third-order valence-corrected chi connectivity index (χ3v) is 25.3. The molecule has 41 heteroatoms. The van der Waals surface area contributed by atoms with Crippen LogP contribution in [-0.4, -0.2) is 405 Å². The van der Waals surface area contributed by atoms with E-state index in [-0.39, 0.29) is 12.3 Å². The molecule has 14 unspecified atom stereocenters. The van der Waals surface area contributed by atoms with Crippen LogP contribution in [0.25, 0.3) is 0 Å². The fourth-order valence-corrected chi connectivity index (χ4v) is 17.5. The molecule has 0 bridgehead atoms. The number of aliphatic hydroxyl groups is 21. The summed E-state index contributed by atoms with van der Waals surface area (Å²) in [5.41, 5.74) is 0. The van der Waals surface area contributed by atoms with Crippen molar-refractivity contribution in [2.24, 2.45) is 0 Å². The molecule has 7 saturated heterocycles. The molecule has 129 heavy (non-hydrogen) atoms. The van der Waals surface area contributed by atoms with Crippen molar-refractivity contribution in [2.45, 2.75) is 473 Å². The van der Waals surface area contributed by atoms with Crippen LogP contribution >= 0.6 is 0 Å². The lowest BCUT2D eigenvalue weighted by molar-refractivity contribution is -0.390. The molecular weight excluding hydrogens is 1710 g/mol. The monoisotopic (exact) mass is 1870 g/mol. The number of carbonyl (C=O) groups excluding carboxylic acids is 3. The Bertz CT molecular complexity index is 3040. The zero-order valence-corrected chi connectivity index (χ0v) is 75.5. The Labute approximate surface area is 756 Å². The lowest BCUT2D eigenvalue weighted by Gasteiger charge is -2.51. The van der Waals surface area contributed by atoms with E-state index in [0.29, 0.717) is 12.8 Å². The number of hydrogen-bond acceptors (Lipinski definition) is 38. The lowest BCUT2D eigenvalue weighted by atomic mass is 9.94. The van der Waals surface area contributed by atoms with Crippen molar-refractivity contribution < 1.29 is 188 Å². The quantitative estimate of drug-likeness (QED) is 0.0226. The predicted octanol–water partition coefficient (Wildman–Crippen LogP) is -2.26. The summed E-state index contributed by atoms with van der Waals surface area (Å²) in [6.45, 7) is -1.09. The van der Waals surface area contributed by atoms with Gasteiger partial charge in [-0.2, -0.15) is 0 Å². The number of nitrogens with one attached hydrogen (secondary N) is 3. The molecule has 7 aliphatic heterocycles. The Morgan fingerprint density at radius 3 is 1.05 bits per heavy atom. The van der Waals surface area contributed by atoms with E-state index in [1.54, 1.807) is 6.08 Å². The first-order valence-electron chi connectivity index (χ1n) is 47.5. The predicted molar refractivity (Wildman–Crippen MR) is 454 cm³/mol. The van der Waals surface area contributed by atoms with Crippen LogP contribution in [0.4, 0.5) is 0 Å². The molecule has 24 N–H and O–H groups in total. The first kappa shape index (κ1) is 113. The van der Waals surface area contributed by atoms with E-state index in [4.69, 9.17) is 66.3 Å². The summed E-state index contributed by atoms with van der Waals surface area (Å²) >= 11 is 0. The molecule has 7 rings (SSSR count). The minimum absolute atomic E-state index is 0.164. The van der Waals surface area contributed by atoms with E-state index in [1.807, 2.05) is 6.08 Å². The van der Waals surface area contributed by atoms with E-state index in [2.05, 4.69) is 29.8 Å². The molecule has 0 aromatic heterocycles. The second-order valence-corrected chi connectivity index (χ2v) is 35.6. The average Bonchev–Trinajstić information content (AvgIpc) is 1.62. The maximum Gasteiger partial charge on any atom is 0.220 e. The summed E-state index contributed by atoms with van der Waals surface area (Å²) in [6, 6.07) is -4.76. The maximum atomic E-state index is 13.6. The highest BCUT2D eigenvalue weighted by atomic mass is 16.8. The van der Waals surface area contributed by atoms with Crippen LogP contribution in [0.3, 0.4) is 0 Å². The molecule has 7 heterocycles. The van der Waals surface area contributed by atoms with E-state index < -0.39 is 292 Å². The number of unbranched alkanes of at least 4 members (excludes halogenated alkanes) is 31. The fraction of sp³-hybridized carbons (Fsp3) is 0.943. The highest BCUT2D eigenvalue weighted by Crippen LogP contribution is 2.39. The minimum atomic E-state index is -2.37. The van der Waals surface area contributed by atoms with Crippen molar-refractivity contribution in [1.82, 2.24) is 16.0 Å². The number of carbonyl (C=O) groups is 3. The second kappa shape index (κ2) is 60.5. The Balaban J connectivity index is 0.990. The van der Waals surface area contributed by atoms with Crippen molar-refractivity contribution in [3.05, 3.63) is 12.2 Å². The lowest BCUT2D eigenvalue weighted by Crippen LogP contribution is -2.70. The number of rotatable bonds is 61. The van der Waals surface area contributed by atoms with Gasteiger partial charge in [-0.25, -0.2) is 0 Å². The van der Waals surface area contributed by atoms with E-state index in [1.165, 1.54) is 148 Å². The summed E-state index contributed by atoms with van der Waals surface area (Å²) in [5.74, 6) is -2.14. The van der Waals surface area contributed by atoms with Gasteiger partial charge < -0.3 is 190 Å². The van der Waals surface area contributed by atoms with Gasteiger partial charge in [-0.1, -0.05) is 219 Å². The standard InChI is InChI=1S/C88H159N3O38/c1-5-7-9-11-13-15-17-19-20-21-22-23-24-25-26-28-30-32-34-36-38-40-60(101)91-51(52(100)39-37-35-33-31-29-27-18-16-14-12-10-8-6-2)47-116-84-74(113)70(109)78(57(45-96)122-84)126-87-75(114)71(110)79(58(46-97)123-87)127-88-76(115)81(65(104)55(43-94)120-88)129-83-62(90-50(4)99)80(128-86-73(112)69(108)64(103)54(42-93)119-86)66(105)59(124-83)48-117-82-61(89-49(3)98)67(106)77(56(44-95)121-82)125-85-72(111)68(107)63(102)53(41-92)118-85/h37,39,51-59,61-88,92-97,100,102-115H,5-36,38,40-48H2,1-4H3,(H,89,98)(H,90,99)(H,91,101)/b39-37+/t51-,52+,53?,54?,55?,56?,57?,58?,59?,61?,62?,63-,64-,65-,66-,67+,68-,69-,70+,71+,72?,73?,74?,75?,76?,77+,78+,79-,80+,81-,82+,83-,84+,85-,86-,87-,88-/m0/s1. The molecule has 754 valence electrons. The molecule has 0 aromatic carbocycles. The van der Waals surface area contributed by atoms with Gasteiger partial charge in [-0.15, -0.1) is 0 Å². The molecule has 3 amide bonds. The first-order chi connectivity index (χ1) is 62.0. The molecule has 0 radical (unpaired) electrons. The third-order valence-electron chi connectivity index (χ3n) is 25.3. The Morgan fingerprint density at radius 2 is 0.628 bits per heavy atom. The van der Waals surface area contributed by atoms with Gasteiger partial charge in [0.2, 0.25) is 17.7 Å². The summed E-state index contributed by atoms with van der Waals surface area (Å²) in [5, 5.41) is 242. The number of amides is 3. The van der Waals surface area contributed by atoms with Gasteiger partial charge in [0.25, 0.3) is 0 Å². The van der Waals surface area contributed by atoms with Crippen LogP contribution in [-0.2, 0) is 80.7 Å². The third kappa shape index (κ3) is 34.7. The van der Waals surface area contributed by atoms with Gasteiger partial charge in [-0.05, 0) is 19.3 Å². The average molecular weight is 1870 g/mol. The maximum absolute atomic E-state index is 13.6. The van der Waals surface area contributed by atoms with E-state index in [9.17, 15) is 122 Å². The normalized spacial score (nSPS) is 37.5. The highest BCUT2D eigenvalue weighted by Gasteiger charge is 2.59. The second-order valence-electron chi connectivity index (χ2n) is 35.6. The van der Waals surface area contributed by atoms with Crippen molar-refractivity contribution in [2.75, 3.05) is 52.9 Å². The van der Waals surface area contributed by atoms with E-state index in [0.717, 1.165) is 65.2 Å². The van der Waals surface area contributed by atoms with Gasteiger partial charge in [0, 0.05) is 20.3 Å². The van der Waals surface area contributed by atoms with Crippen molar-refractivity contribution in [3.63, 3.8) is 0 Å². The first-order valence-corrected chi connectivity index (χ1v) is 47.5. The molecule has 7 aliphatic rings. The van der Waals surface area contributed by atoms with Gasteiger partial charge >= 0.3 is 0 Å². The molecule has 37 atom stereocenters. The van der Waals surface area contributed by atoms with Crippen molar-refractivity contribution in [3.8, 4) is 0 Å². The van der Waals surface area contributed by atoms with Gasteiger partial charge in [0.05, 0.1) is 65.0 Å². The van der Waals surface area contributed by atoms with Crippen LogP contribution in [0.1, 0.15) is 246 Å². The topological polar surface area (TPSA) is 641 Å². The number of hydrogen-bond donors (Lipinski definition) is 24. The van der Waals surface area contributed by atoms with Crippen LogP contribution in [0, 0.1) is 0 Å². The number of ether oxygens (including phenoxy) is 14. The molecule has 41 nitrogen and oxygen atoms in total. The summed E-state index contributed by atoms with van der Waals surface area (Å²) < 4.78 is 83.2. The molecule has 0 saturated carbocycles. The van der Waals surface area contributed by atoms with Crippen LogP contribution < -0.4 is 16.0 Å². The van der Waals surface area contributed by atoms with Gasteiger partial charge in [-0.3, -0.25) is 14.4 Å². The highest BCUT2D eigenvalue weighted by molar-refractivity contribution is 5.76. The molecule has 0 spiro atoms. The largest absolute Gasteiger partial charge is 0.394 e. The number of aliphatic hydroxyl groups excluding tert-OH is 21. The van der Waals surface area contributed by atoms with Crippen LogP contribution in [0.5, 0.6) is 0 Å². The summed E-state index contributed by atoms with van der Waals surface area (Å²) in [4.78, 5) is 39.7. The number of allylic oxidation sites excluding steroid dienone is 1. The Kier molecular flexibility index (Phi) is 52.8. The van der Waals surface area contributed by atoms with E-state index >= 15 is 0 Å². The van der Waals surface area contributed by atoms with Crippen molar-refractivity contribution in [1.29, 1.82) is 0 Å². The fourth-order valence-electron chi connectivity index (χ4n) is 17.5. The van der Waals surface area contributed by atoms with Crippen LogP contribution in [0.2, 0.25) is 0 Å². The Morgan fingerprint density at radius 1 is 0.310 bits per heavy atom. The zero-order chi connectivity index (χ0) is 94.2. The molecule has 0 aromatic rings. The smallest absolute Gasteiger partial charge is 0.220 e. The molecule has 7 fully saturated rings. The zero-order valence-electron chi connectivity index (χ0n) is 75.5. The summed E-state index contributed by atoms with van der Waals surface area (Å²) in [6.07, 6.45) is -24.2. The van der Waals surface area contributed by atoms with Crippen LogP contribution in [0.15, 0.2) is 12.2 Å². The van der Waals surface area contributed by atoms with Crippen molar-refractivity contribution >= 4 is 17.7 Å². The van der Waals surface area contributed by atoms with Gasteiger partial charge in [0.1, 0.15) is 171 Å². The SMILES string of the molecule is CCCCCCCCCCCCC/C=C/[C@@H](O)[C@H](CO[C@@H]1OC(CO)[C@@H](O[C@@H]2OC(CO)[C@H](O[C@@H]3OC(CO)[C@H](O)[C@H](O[C@@H]4OC(CO[C@@H]5OC(CO)[C@@H](O[C@@H]6OC(CO)[C@H](O)[C@H](O)C6O)[C@H](O)C5NC(C)=O)[C@H](O)[C@H](O[C@@H]5OC(CO)[C@H](O)[C@H](O)C5O)C4NC(C)=O)C3O)[C@H](O)C2O)[C@H](O)C1O)NC(=O)CCCCCCCCCCCCCCCCCCCCCCC. The van der Waals surface area contributed by atoms with Gasteiger partial charge in [0.15, 0.2) is 44.0 Å². The minimum Gasteiger partial charge on any atom is -0.394 e. The summed E-state index contributed by atoms with van der Waals surface area (Å²) in [7, 11) is 0.